The van der Waals surface area contributed by atoms with E-state index in [0.717, 1.165) is 6.07 Å². The van der Waals surface area contributed by atoms with Crippen molar-refractivity contribution in [3.8, 4) is 0 Å². The first-order valence-electron chi connectivity index (χ1n) is 5.74. The fourth-order valence-corrected chi connectivity index (χ4v) is 1.60. The fraction of sp³-hybridized carbons (Fsp3) is 0.0714. The molecule has 0 radical (unpaired) electrons. The third-order valence-corrected chi connectivity index (χ3v) is 2.70. The zero-order valence-electron chi connectivity index (χ0n) is 10.5. The molecule has 0 spiro atoms. The van der Waals surface area contributed by atoms with Crippen LogP contribution in [0.3, 0.4) is 0 Å². The topological polar surface area (TPSA) is 52.3 Å². The molecule has 0 amide bonds. The van der Waals surface area contributed by atoms with Crippen molar-refractivity contribution < 1.29 is 27.1 Å². The Bertz CT molecular complexity index is 704. The van der Waals surface area contributed by atoms with E-state index in [-0.39, 0.29) is 5.56 Å². The molecule has 2 rings (SSSR count). The molecule has 3 nitrogen and oxygen atoms in total. The molecule has 0 aliphatic heterocycles. The predicted molar refractivity (Wildman–Crippen MR) is 66.2 cm³/mol. The number of halogens is 4. The van der Waals surface area contributed by atoms with Gasteiger partial charge in [0.25, 0.3) is 0 Å². The SMILES string of the molecule is Nc1cc(F)c(C(=O)OCc2cccc(F)c2F)cc1F. The van der Waals surface area contributed by atoms with Gasteiger partial charge in [0.05, 0.1) is 11.3 Å². The van der Waals surface area contributed by atoms with E-state index in [1.54, 1.807) is 0 Å². The van der Waals surface area contributed by atoms with Crippen molar-refractivity contribution in [2.75, 3.05) is 5.73 Å². The molecule has 7 heteroatoms. The molecule has 0 fully saturated rings. The van der Waals surface area contributed by atoms with E-state index in [0.29, 0.717) is 12.1 Å². The molecule has 0 aliphatic carbocycles. The Morgan fingerprint density at radius 3 is 2.48 bits per heavy atom. The molecule has 0 saturated heterocycles. The summed E-state index contributed by atoms with van der Waals surface area (Å²) in [4.78, 5) is 11.6. The second kappa shape index (κ2) is 5.82. The number of nitrogen functional groups attached to an aromatic ring is 1. The van der Waals surface area contributed by atoms with E-state index >= 15 is 0 Å². The molecule has 110 valence electrons. The van der Waals surface area contributed by atoms with E-state index < -0.39 is 47.1 Å². The van der Waals surface area contributed by atoms with Crippen LogP contribution in [0.15, 0.2) is 30.3 Å². The highest BCUT2D eigenvalue weighted by Gasteiger charge is 2.17. The average Bonchev–Trinajstić information content (AvgIpc) is 2.44. The minimum atomic E-state index is -1.21. The monoisotopic (exact) mass is 299 g/mol. The number of hydrogen-bond donors (Lipinski definition) is 1. The van der Waals surface area contributed by atoms with E-state index in [1.165, 1.54) is 12.1 Å². The van der Waals surface area contributed by atoms with Crippen molar-refractivity contribution in [1.29, 1.82) is 0 Å². The minimum absolute atomic E-state index is 0.223. The molecule has 0 bridgehead atoms. The smallest absolute Gasteiger partial charge is 0.341 e. The molecule has 0 heterocycles. The highest BCUT2D eigenvalue weighted by atomic mass is 19.2. The van der Waals surface area contributed by atoms with Gasteiger partial charge in [0.1, 0.15) is 18.2 Å². The Hall–Kier alpha value is -2.57. The van der Waals surface area contributed by atoms with E-state index in [2.05, 4.69) is 4.74 Å². The second-order valence-corrected chi connectivity index (χ2v) is 4.14. The van der Waals surface area contributed by atoms with Gasteiger partial charge in [-0.3, -0.25) is 0 Å². The summed E-state index contributed by atoms with van der Waals surface area (Å²) in [5.74, 6) is -5.54. The van der Waals surface area contributed by atoms with Gasteiger partial charge in [0.2, 0.25) is 0 Å². The largest absolute Gasteiger partial charge is 0.457 e. The van der Waals surface area contributed by atoms with Gasteiger partial charge in [-0.25, -0.2) is 22.4 Å². The van der Waals surface area contributed by atoms with Crippen LogP contribution in [0.4, 0.5) is 23.2 Å². The molecule has 0 atom stereocenters. The lowest BCUT2D eigenvalue weighted by molar-refractivity contribution is 0.0462. The zero-order chi connectivity index (χ0) is 15.6. The number of carbonyl (C=O) groups excluding carboxylic acids is 1. The predicted octanol–water partition coefficient (Wildman–Crippen LogP) is 3.18. The van der Waals surface area contributed by atoms with E-state index in [4.69, 9.17) is 5.73 Å². The van der Waals surface area contributed by atoms with Crippen LogP contribution >= 0.6 is 0 Å². The summed E-state index contributed by atoms with van der Waals surface area (Å²) in [5, 5.41) is 0. The van der Waals surface area contributed by atoms with Gasteiger partial charge >= 0.3 is 5.97 Å². The van der Waals surface area contributed by atoms with Crippen LogP contribution in [0.25, 0.3) is 0 Å². The van der Waals surface area contributed by atoms with Crippen molar-refractivity contribution in [2.24, 2.45) is 0 Å². The number of rotatable bonds is 3. The van der Waals surface area contributed by atoms with Crippen molar-refractivity contribution in [3.05, 3.63) is 64.7 Å². The van der Waals surface area contributed by atoms with Crippen LogP contribution in [0.1, 0.15) is 15.9 Å². The third-order valence-electron chi connectivity index (χ3n) is 2.70. The maximum absolute atomic E-state index is 13.5. The van der Waals surface area contributed by atoms with Crippen LogP contribution in [0.2, 0.25) is 0 Å². The molecular formula is C14H9F4NO2. The lowest BCUT2D eigenvalue weighted by Gasteiger charge is -2.08. The summed E-state index contributed by atoms with van der Waals surface area (Å²) in [6.07, 6.45) is 0. The summed E-state index contributed by atoms with van der Waals surface area (Å²) in [7, 11) is 0. The summed E-state index contributed by atoms with van der Waals surface area (Å²) >= 11 is 0. The fourth-order valence-electron chi connectivity index (χ4n) is 1.60. The standard InChI is InChI=1S/C14H9F4NO2/c15-9-3-1-2-7(13(9)18)6-21-14(20)8-4-11(17)12(19)5-10(8)16/h1-5H,6,19H2. The van der Waals surface area contributed by atoms with Gasteiger partial charge in [-0.05, 0) is 12.1 Å². The molecule has 2 aromatic rings. The molecule has 2 N–H and O–H groups in total. The Balaban J connectivity index is 2.16. The van der Waals surface area contributed by atoms with Gasteiger partial charge in [-0.15, -0.1) is 0 Å². The number of carbonyl (C=O) groups is 1. The average molecular weight is 299 g/mol. The molecule has 0 aliphatic rings. The van der Waals surface area contributed by atoms with Crippen molar-refractivity contribution >= 4 is 11.7 Å². The van der Waals surface area contributed by atoms with Crippen LogP contribution in [-0.2, 0) is 11.3 Å². The van der Waals surface area contributed by atoms with Crippen LogP contribution in [0, 0.1) is 23.3 Å². The molecule has 21 heavy (non-hydrogen) atoms. The second-order valence-electron chi connectivity index (χ2n) is 4.14. The number of ether oxygens (including phenoxy) is 1. The number of nitrogens with two attached hydrogens (primary N) is 1. The van der Waals surface area contributed by atoms with Gasteiger partial charge in [-0.1, -0.05) is 12.1 Å². The highest BCUT2D eigenvalue weighted by molar-refractivity contribution is 5.90. The Labute approximate surface area is 116 Å². The van der Waals surface area contributed by atoms with Gasteiger partial charge in [-0.2, -0.15) is 0 Å². The summed E-state index contributed by atoms with van der Waals surface area (Å²) in [6, 6.07) is 4.54. The van der Waals surface area contributed by atoms with Crippen LogP contribution < -0.4 is 5.73 Å². The summed E-state index contributed by atoms with van der Waals surface area (Å²) in [5.41, 5.74) is 3.77. The van der Waals surface area contributed by atoms with Gasteiger partial charge in [0.15, 0.2) is 11.6 Å². The Morgan fingerprint density at radius 2 is 1.76 bits per heavy atom. The number of benzene rings is 2. The summed E-state index contributed by atoms with van der Waals surface area (Å²) < 4.78 is 57.6. The molecule has 2 aromatic carbocycles. The molecule has 0 unspecified atom stereocenters. The van der Waals surface area contributed by atoms with Crippen molar-refractivity contribution in [1.82, 2.24) is 0 Å². The first-order chi connectivity index (χ1) is 9.90. The van der Waals surface area contributed by atoms with E-state index in [9.17, 15) is 22.4 Å². The van der Waals surface area contributed by atoms with Gasteiger partial charge in [0, 0.05) is 11.6 Å². The zero-order valence-corrected chi connectivity index (χ0v) is 10.5. The number of anilines is 1. The molecular weight excluding hydrogens is 290 g/mol. The van der Waals surface area contributed by atoms with Gasteiger partial charge < -0.3 is 10.5 Å². The Morgan fingerprint density at radius 1 is 1.05 bits per heavy atom. The molecule has 0 saturated carbocycles. The lowest BCUT2D eigenvalue weighted by atomic mass is 10.2. The van der Waals surface area contributed by atoms with Crippen molar-refractivity contribution in [3.63, 3.8) is 0 Å². The maximum atomic E-state index is 13.5. The Kier molecular flexibility index (Phi) is 4.11. The quantitative estimate of drug-likeness (QED) is 0.538. The number of hydrogen-bond acceptors (Lipinski definition) is 3. The molecule has 0 aromatic heterocycles. The van der Waals surface area contributed by atoms with E-state index in [1.807, 2.05) is 0 Å². The maximum Gasteiger partial charge on any atom is 0.341 e. The van der Waals surface area contributed by atoms with Crippen LogP contribution in [-0.4, -0.2) is 5.97 Å². The summed E-state index contributed by atoms with van der Waals surface area (Å²) in [6.45, 7) is -0.617. The first kappa shape index (κ1) is 14.8. The lowest BCUT2D eigenvalue weighted by Crippen LogP contribution is -2.10. The van der Waals surface area contributed by atoms with Crippen LogP contribution in [0.5, 0.6) is 0 Å². The third kappa shape index (κ3) is 3.13. The first-order valence-corrected chi connectivity index (χ1v) is 5.74. The normalized spacial score (nSPS) is 10.5. The van der Waals surface area contributed by atoms with Crippen molar-refractivity contribution in [2.45, 2.75) is 6.61 Å². The number of esters is 1. The highest BCUT2D eigenvalue weighted by Crippen LogP contribution is 2.18. The minimum Gasteiger partial charge on any atom is -0.457 e.